The summed E-state index contributed by atoms with van der Waals surface area (Å²) < 4.78 is 16.3. The van der Waals surface area contributed by atoms with E-state index in [-0.39, 0.29) is 0 Å². The largest absolute Gasteiger partial charge is 0.490 e. The molecule has 0 amide bonds. The summed E-state index contributed by atoms with van der Waals surface area (Å²) >= 11 is 0. The van der Waals surface area contributed by atoms with Crippen molar-refractivity contribution in [3.05, 3.63) is 18.0 Å². The van der Waals surface area contributed by atoms with Crippen LogP contribution in [0.15, 0.2) is 16.5 Å². The van der Waals surface area contributed by atoms with E-state index < -0.39 is 0 Å². The van der Waals surface area contributed by atoms with Crippen molar-refractivity contribution in [1.82, 2.24) is 10.2 Å². The average Bonchev–Trinajstić information content (AvgIpc) is 3.02. The highest BCUT2D eigenvalue weighted by Gasteiger charge is 2.32. The minimum Gasteiger partial charge on any atom is -0.490 e. The number of hydrogen-bond acceptors (Lipinski definition) is 5. The van der Waals surface area contributed by atoms with Crippen molar-refractivity contribution in [2.45, 2.75) is 20.3 Å². The Labute approximate surface area is 98.4 Å². The lowest BCUT2D eigenvalue weighted by Crippen LogP contribution is -1.93. The first-order valence-corrected chi connectivity index (χ1v) is 5.57. The number of hydrogen-bond donors (Lipinski definition) is 0. The maximum atomic E-state index is 5.54. The molecule has 0 N–H and O–H groups in total. The second kappa shape index (κ2) is 3.76. The van der Waals surface area contributed by atoms with E-state index >= 15 is 0 Å². The zero-order valence-corrected chi connectivity index (χ0v) is 9.69. The molecule has 3 rings (SSSR count). The smallest absolute Gasteiger partial charge is 0.251 e. The molecule has 17 heavy (non-hydrogen) atoms. The summed E-state index contributed by atoms with van der Waals surface area (Å²) in [4.78, 5) is 0. The molecule has 0 radical (unpaired) electrons. The highest BCUT2D eigenvalue weighted by Crippen LogP contribution is 2.57. The standard InChI is InChI=1S/C12H12N2O3/c1-3-6-15-9-5-4-8(10-11(9)17-10)12-14-13-7(2)16-12/h4-5H,3,6H2,1-2H3. The van der Waals surface area contributed by atoms with Crippen LogP contribution in [0.25, 0.3) is 11.5 Å². The van der Waals surface area contributed by atoms with E-state index in [0.29, 0.717) is 18.4 Å². The fourth-order valence-electron chi connectivity index (χ4n) is 1.63. The minimum absolute atomic E-state index is 0.485. The van der Waals surface area contributed by atoms with Crippen LogP contribution in [-0.4, -0.2) is 16.8 Å². The summed E-state index contributed by atoms with van der Waals surface area (Å²) in [6.45, 7) is 4.51. The highest BCUT2D eigenvalue weighted by molar-refractivity contribution is 5.79. The molecule has 0 saturated carbocycles. The predicted octanol–water partition coefficient (Wildman–Crippen LogP) is 2.94. The van der Waals surface area contributed by atoms with Gasteiger partial charge in [0.1, 0.15) is 0 Å². The van der Waals surface area contributed by atoms with E-state index in [0.717, 1.165) is 29.2 Å². The topological polar surface area (TPSA) is 60.7 Å². The average molecular weight is 232 g/mol. The second-order valence-electron chi connectivity index (χ2n) is 3.85. The Bertz CT molecular complexity index is 563. The van der Waals surface area contributed by atoms with Crippen molar-refractivity contribution in [3.63, 3.8) is 0 Å². The van der Waals surface area contributed by atoms with Crippen molar-refractivity contribution >= 4 is 0 Å². The third-order valence-electron chi connectivity index (χ3n) is 2.46. The summed E-state index contributed by atoms with van der Waals surface area (Å²) in [6, 6.07) is 3.75. The molecule has 0 bridgehead atoms. The van der Waals surface area contributed by atoms with Gasteiger partial charge in [-0.1, -0.05) is 6.92 Å². The Morgan fingerprint density at radius 3 is 2.82 bits per heavy atom. The maximum Gasteiger partial charge on any atom is 0.251 e. The van der Waals surface area contributed by atoms with Crippen molar-refractivity contribution in [2.24, 2.45) is 0 Å². The number of rotatable bonds is 4. The van der Waals surface area contributed by atoms with E-state index in [9.17, 15) is 0 Å². The highest BCUT2D eigenvalue weighted by atomic mass is 16.6. The zero-order valence-electron chi connectivity index (χ0n) is 9.69. The van der Waals surface area contributed by atoms with Crippen LogP contribution >= 0.6 is 0 Å². The van der Waals surface area contributed by atoms with Gasteiger partial charge in [-0.05, 0) is 18.6 Å². The van der Waals surface area contributed by atoms with Crippen molar-refractivity contribution in [1.29, 1.82) is 0 Å². The molecule has 2 aromatic rings. The molecule has 1 aliphatic heterocycles. The van der Waals surface area contributed by atoms with Crippen LogP contribution in [0.4, 0.5) is 0 Å². The minimum atomic E-state index is 0.485. The van der Waals surface area contributed by atoms with Crippen LogP contribution in [0.5, 0.6) is 17.2 Å². The molecular formula is C12H12N2O3. The van der Waals surface area contributed by atoms with Gasteiger partial charge >= 0.3 is 0 Å². The summed E-state index contributed by atoms with van der Waals surface area (Å²) in [5.74, 6) is 3.37. The van der Waals surface area contributed by atoms with Crippen LogP contribution in [0.3, 0.4) is 0 Å². The molecule has 0 fully saturated rings. The van der Waals surface area contributed by atoms with Gasteiger partial charge in [-0.25, -0.2) is 0 Å². The first-order chi connectivity index (χ1) is 8.29. The van der Waals surface area contributed by atoms with Gasteiger partial charge in [0.2, 0.25) is 11.6 Å². The second-order valence-corrected chi connectivity index (χ2v) is 3.85. The Hall–Kier alpha value is -2.04. The summed E-state index contributed by atoms with van der Waals surface area (Å²) in [7, 11) is 0. The van der Waals surface area contributed by atoms with E-state index in [4.69, 9.17) is 13.9 Å². The van der Waals surface area contributed by atoms with Gasteiger partial charge in [0, 0.05) is 6.92 Å². The number of aryl methyl sites for hydroxylation is 1. The lowest BCUT2D eigenvalue weighted by Gasteiger charge is -2.00. The molecule has 0 atom stereocenters. The third kappa shape index (κ3) is 1.73. The van der Waals surface area contributed by atoms with Gasteiger partial charge in [0.25, 0.3) is 5.89 Å². The van der Waals surface area contributed by atoms with Crippen LogP contribution in [0, 0.1) is 6.92 Å². The third-order valence-corrected chi connectivity index (χ3v) is 2.46. The van der Waals surface area contributed by atoms with Crippen LogP contribution in [0.2, 0.25) is 0 Å². The number of nitrogens with zero attached hydrogens (tertiary/aromatic N) is 2. The molecule has 2 heterocycles. The Morgan fingerprint density at radius 1 is 1.24 bits per heavy atom. The van der Waals surface area contributed by atoms with Crippen molar-refractivity contribution in [2.75, 3.05) is 6.61 Å². The molecule has 88 valence electrons. The summed E-state index contributed by atoms with van der Waals surface area (Å²) in [5.41, 5.74) is 0.824. The summed E-state index contributed by atoms with van der Waals surface area (Å²) in [6.07, 6.45) is 0.972. The number of benzene rings is 1. The predicted molar refractivity (Wildman–Crippen MR) is 60.3 cm³/mol. The zero-order chi connectivity index (χ0) is 11.8. The molecule has 0 spiro atoms. The quantitative estimate of drug-likeness (QED) is 0.647. The number of fused-ring (bicyclic) bond motifs is 1. The van der Waals surface area contributed by atoms with Gasteiger partial charge in [0.15, 0.2) is 11.5 Å². The van der Waals surface area contributed by atoms with Crippen LogP contribution in [-0.2, 0) is 0 Å². The Balaban J connectivity index is 1.90. The molecule has 0 saturated heterocycles. The van der Waals surface area contributed by atoms with Crippen LogP contribution in [0.1, 0.15) is 19.2 Å². The van der Waals surface area contributed by atoms with Gasteiger partial charge < -0.3 is 13.9 Å². The molecule has 1 aromatic heterocycles. The molecular weight excluding hydrogens is 220 g/mol. The van der Waals surface area contributed by atoms with E-state index in [1.54, 1.807) is 6.92 Å². The van der Waals surface area contributed by atoms with Crippen molar-refractivity contribution < 1.29 is 13.9 Å². The van der Waals surface area contributed by atoms with Gasteiger partial charge in [-0.15, -0.1) is 10.2 Å². The molecule has 5 heteroatoms. The SMILES string of the molecule is CCCOc1ccc(-c2nnc(C)o2)c2c1O2. The van der Waals surface area contributed by atoms with E-state index in [1.165, 1.54) is 0 Å². The molecule has 0 aliphatic carbocycles. The van der Waals surface area contributed by atoms with Crippen LogP contribution < -0.4 is 9.47 Å². The number of ether oxygens (including phenoxy) is 2. The fourth-order valence-corrected chi connectivity index (χ4v) is 1.63. The first-order valence-electron chi connectivity index (χ1n) is 5.57. The normalized spacial score (nSPS) is 11.9. The van der Waals surface area contributed by atoms with E-state index in [1.807, 2.05) is 12.1 Å². The van der Waals surface area contributed by atoms with Crippen molar-refractivity contribution in [3.8, 4) is 28.7 Å². The lowest BCUT2D eigenvalue weighted by atomic mass is 10.2. The monoisotopic (exact) mass is 232 g/mol. The van der Waals surface area contributed by atoms with Gasteiger partial charge in [0.05, 0.1) is 12.2 Å². The van der Waals surface area contributed by atoms with Gasteiger partial charge in [-0.2, -0.15) is 0 Å². The first kappa shape index (κ1) is 10.1. The summed E-state index contributed by atoms with van der Waals surface area (Å²) in [5, 5.41) is 7.76. The Kier molecular flexibility index (Phi) is 2.24. The Morgan fingerprint density at radius 2 is 2.12 bits per heavy atom. The molecule has 5 nitrogen and oxygen atoms in total. The number of aromatic nitrogens is 2. The van der Waals surface area contributed by atoms with Gasteiger partial charge in [-0.3, -0.25) is 0 Å². The van der Waals surface area contributed by atoms with E-state index in [2.05, 4.69) is 17.1 Å². The fraction of sp³-hybridized carbons (Fsp3) is 0.333. The lowest BCUT2D eigenvalue weighted by molar-refractivity contribution is 0.314. The maximum absolute atomic E-state index is 5.54. The molecule has 1 aliphatic rings. The molecule has 0 unspecified atom stereocenters. The molecule has 1 aromatic carbocycles.